The summed E-state index contributed by atoms with van der Waals surface area (Å²) in [6.07, 6.45) is 0.808. The number of carbonyl (C=O) groups excluding carboxylic acids is 2. The lowest BCUT2D eigenvalue weighted by Gasteiger charge is -2.26. The first kappa shape index (κ1) is 17.0. The van der Waals surface area contributed by atoms with Crippen LogP contribution in [0.3, 0.4) is 0 Å². The molecule has 21 heavy (non-hydrogen) atoms. The average molecular weight is 293 g/mol. The molecule has 0 radical (unpaired) electrons. The molecule has 5 heteroatoms. The van der Waals surface area contributed by atoms with E-state index in [1.54, 1.807) is 38.3 Å². The average Bonchev–Trinajstić information content (AvgIpc) is 2.47. The fraction of sp³-hybridized carbons (Fsp3) is 0.500. The number of rotatable bonds is 8. The first-order valence-electron chi connectivity index (χ1n) is 7.06. The van der Waals surface area contributed by atoms with E-state index in [-0.39, 0.29) is 12.5 Å². The molecule has 1 N–H and O–H groups in total. The number of nitrogens with one attached hydrogen (secondary N) is 1. The van der Waals surface area contributed by atoms with Gasteiger partial charge in [-0.15, -0.1) is 0 Å². The minimum Gasteiger partial charge on any atom is -0.497 e. The first-order chi connectivity index (χ1) is 10.0. The first-order valence-corrected chi connectivity index (χ1v) is 7.06. The molecule has 0 saturated carbocycles. The number of benzene rings is 1. The maximum Gasteiger partial charge on any atom is 0.329 e. The Hall–Kier alpha value is -2.04. The molecule has 2 atom stereocenters. The van der Waals surface area contributed by atoms with Crippen LogP contribution in [0.15, 0.2) is 24.3 Å². The van der Waals surface area contributed by atoms with Crippen LogP contribution in [0, 0.1) is 11.8 Å². The van der Waals surface area contributed by atoms with Crippen molar-refractivity contribution in [1.29, 1.82) is 0 Å². The lowest BCUT2D eigenvalue weighted by molar-refractivity contribution is -0.146. The predicted octanol–water partition coefficient (Wildman–Crippen LogP) is 2.51. The SMILES string of the molecule is CCOC(=O)[C@@H](Nc1ccc(OC)cc1)C(C=O)C(C)C. The van der Waals surface area contributed by atoms with Gasteiger partial charge in [0, 0.05) is 11.6 Å². The summed E-state index contributed by atoms with van der Waals surface area (Å²) in [7, 11) is 1.59. The zero-order chi connectivity index (χ0) is 15.8. The van der Waals surface area contributed by atoms with Crippen LogP contribution in [-0.2, 0) is 14.3 Å². The van der Waals surface area contributed by atoms with E-state index >= 15 is 0 Å². The highest BCUT2D eigenvalue weighted by atomic mass is 16.5. The largest absolute Gasteiger partial charge is 0.497 e. The van der Waals surface area contributed by atoms with Crippen molar-refractivity contribution in [3.05, 3.63) is 24.3 Å². The molecule has 0 fully saturated rings. The minimum absolute atomic E-state index is 0.0302. The third kappa shape index (κ3) is 4.77. The molecule has 1 unspecified atom stereocenters. The van der Waals surface area contributed by atoms with E-state index in [9.17, 15) is 9.59 Å². The van der Waals surface area contributed by atoms with Crippen LogP contribution in [0.1, 0.15) is 20.8 Å². The Labute approximate surface area is 125 Å². The molecule has 1 rings (SSSR count). The molecule has 0 aliphatic carbocycles. The summed E-state index contributed by atoms with van der Waals surface area (Å²) in [5.74, 6) is -0.114. The van der Waals surface area contributed by atoms with E-state index in [0.717, 1.165) is 17.7 Å². The van der Waals surface area contributed by atoms with Gasteiger partial charge < -0.3 is 19.6 Å². The Morgan fingerprint density at radius 1 is 1.29 bits per heavy atom. The molecule has 116 valence electrons. The molecule has 0 saturated heterocycles. The van der Waals surface area contributed by atoms with Crippen molar-refractivity contribution in [2.75, 3.05) is 19.0 Å². The summed E-state index contributed by atoms with van der Waals surface area (Å²) in [5.41, 5.74) is 0.737. The van der Waals surface area contributed by atoms with Crippen molar-refractivity contribution in [3.63, 3.8) is 0 Å². The van der Waals surface area contributed by atoms with Crippen molar-refractivity contribution < 1.29 is 19.1 Å². The summed E-state index contributed by atoms with van der Waals surface area (Å²) in [5, 5.41) is 3.09. The molecular formula is C16H23NO4. The summed E-state index contributed by atoms with van der Waals surface area (Å²) >= 11 is 0. The van der Waals surface area contributed by atoms with Gasteiger partial charge in [0.15, 0.2) is 0 Å². The van der Waals surface area contributed by atoms with Crippen LogP contribution in [0.4, 0.5) is 5.69 Å². The molecule has 0 bridgehead atoms. The quantitative estimate of drug-likeness (QED) is 0.589. The number of methoxy groups -OCH3 is 1. The highest BCUT2D eigenvalue weighted by Gasteiger charge is 2.31. The van der Waals surface area contributed by atoms with Gasteiger partial charge in [-0.25, -0.2) is 4.79 Å². The molecule has 0 heterocycles. The fourth-order valence-electron chi connectivity index (χ4n) is 2.03. The predicted molar refractivity (Wildman–Crippen MR) is 81.4 cm³/mol. The molecule has 0 spiro atoms. The lowest BCUT2D eigenvalue weighted by atomic mass is 9.89. The zero-order valence-electron chi connectivity index (χ0n) is 13.0. The van der Waals surface area contributed by atoms with Crippen molar-refractivity contribution in [1.82, 2.24) is 0 Å². The van der Waals surface area contributed by atoms with Crippen LogP contribution in [0.2, 0.25) is 0 Å². The van der Waals surface area contributed by atoms with Crippen molar-refractivity contribution in [3.8, 4) is 5.75 Å². The van der Waals surface area contributed by atoms with Gasteiger partial charge in [-0.05, 0) is 37.1 Å². The van der Waals surface area contributed by atoms with E-state index in [4.69, 9.17) is 9.47 Å². The Morgan fingerprint density at radius 2 is 1.90 bits per heavy atom. The van der Waals surface area contributed by atoms with Crippen molar-refractivity contribution in [2.45, 2.75) is 26.8 Å². The maximum atomic E-state index is 12.1. The van der Waals surface area contributed by atoms with Crippen LogP contribution < -0.4 is 10.1 Å². The highest BCUT2D eigenvalue weighted by Crippen LogP contribution is 2.21. The third-order valence-corrected chi connectivity index (χ3v) is 3.26. The van der Waals surface area contributed by atoms with Gasteiger partial charge in [-0.2, -0.15) is 0 Å². The molecule has 5 nitrogen and oxygen atoms in total. The molecule has 1 aromatic carbocycles. The number of hydrogen-bond acceptors (Lipinski definition) is 5. The van der Waals surface area contributed by atoms with Crippen LogP contribution in [-0.4, -0.2) is 32.0 Å². The van der Waals surface area contributed by atoms with Gasteiger partial charge in [-0.3, -0.25) is 0 Å². The Kier molecular flexibility index (Phi) is 6.72. The van der Waals surface area contributed by atoms with E-state index in [1.165, 1.54) is 0 Å². The van der Waals surface area contributed by atoms with Gasteiger partial charge in [0.25, 0.3) is 0 Å². The summed E-state index contributed by atoms with van der Waals surface area (Å²) in [6.45, 7) is 5.83. The number of anilines is 1. The monoisotopic (exact) mass is 293 g/mol. The minimum atomic E-state index is -0.698. The summed E-state index contributed by atoms with van der Waals surface area (Å²) < 4.78 is 10.2. The molecule has 0 aliphatic heterocycles. The van der Waals surface area contributed by atoms with Crippen molar-refractivity contribution >= 4 is 17.9 Å². The molecule has 1 aromatic rings. The maximum absolute atomic E-state index is 12.1. The molecule has 0 aromatic heterocycles. The number of carbonyl (C=O) groups is 2. The number of esters is 1. The topological polar surface area (TPSA) is 64.6 Å². The second kappa shape index (κ2) is 8.29. The van der Waals surface area contributed by atoms with Crippen molar-refractivity contribution in [2.24, 2.45) is 11.8 Å². The van der Waals surface area contributed by atoms with Crippen LogP contribution in [0.25, 0.3) is 0 Å². The van der Waals surface area contributed by atoms with E-state index in [2.05, 4.69) is 5.32 Å². The Balaban J connectivity index is 2.94. The zero-order valence-corrected chi connectivity index (χ0v) is 13.0. The van der Waals surface area contributed by atoms with Gasteiger partial charge in [0.05, 0.1) is 13.7 Å². The Morgan fingerprint density at radius 3 is 2.33 bits per heavy atom. The highest BCUT2D eigenvalue weighted by molar-refractivity contribution is 5.83. The van der Waals surface area contributed by atoms with Gasteiger partial charge >= 0.3 is 5.97 Å². The molecule has 0 amide bonds. The standard InChI is InChI=1S/C16H23NO4/c1-5-21-16(19)15(14(10-18)11(2)3)17-12-6-8-13(20-4)9-7-12/h6-11,14-15,17H,5H2,1-4H3/t14?,15-/m0/s1. The lowest BCUT2D eigenvalue weighted by Crippen LogP contribution is -2.41. The number of hydrogen-bond donors (Lipinski definition) is 1. The molecular weight excluding hydrogens is 270 g/mol. The second-order valence-corrected chi connectivity index (χ2v) is 5.06. The van der Waals surface area contributed by atoms with E-state index in [1.807, 2.05) is 13.8 Å². The van der Waals surface area contributed by atoms with Crippen LogP contribution >= 0.6 is 0 Å². The van der Waals surface area contributed by atoms with E-state index < -0.39 is 17.9 Å². The van der Waals surface area contributed by atoms with Crippen LogP contribution in [0.5, 0.6) is 5.75 Å². The summed E-state index contributed by atoms with van der Waals surface area (Å²) in [4.78, 5) is 23.4. The fourth-order valence-corrected chi connectivity index (χ4v) is 2.03. The third-order valence-electron chi connectivity index (χ3n) is 3.26. The van der Waals surface area contributed by atoms with E-state index in [0.29, 0.717) is 0 Å². The van der Waals surface area contributed by atoms with Gasteiger partial charge in [-0.1, -0.05) is 13.8 Å². The smallest absolute Gasteiger partial charge is 0.329 e. The molecule has 0 aliphatic rings. The Bertz CT molecular complexity index is 456. The second-order valence-electron chi connectivity index (χ2n) is 5.06. The van der Waals surface area contributed by atoms with Gasteiger partial charge in [0.2, 0.25) is 0 Å². The normalized spacial score (nSPS) is 13.4. The summed E-state index contributed by atoms with van der Waals surface area (Å²) in [6, 6.07) is 6.47. The number of aldehydes is 1. The van der Waals surface area contributed by atoms with Gasteiger partial charge in [0.1, 0.15) is 18.1 Å². The number of ether oxygens (including phenoxy) is 2.